The lowest BCUT2D eigenvalue weighted by atomic mass is 9.78. The number of benzene rings is 2. The van der Waals surface area contributed by atoms with E-state index < -0.39 is 85.2 Å². The molecule has 0 aliphatic carbocycles. The van der Waals surface area contributed by atoms with Gasteiger partial charge in [0, 0.05) is 0 Å². The van der Waals surface area contributed by atoms with Crippen LogP contribution in [0.3, 0.4) is 0 Å². The number of carbonyl (C=O) groups excluding carboxylic acids is 2. The first-order chi connectivity index (χ1) is 25.1. The summed E-state index contributed by atoms with van der Waals surface area (Å²) >= 11 is 0. The number of phenols is 2. The van der Waals surface area contributed by atoms with Crippen LogP contribution in [0.5, 0.6) is 34.5 Å². The molecular weight excluding hydrogens is 712 g/mol. The fourth-order valence-corrected chi connectivity index (χ4v) is 5.80. The molecule has 10 N–H and O–H groups in total. The molecule has 19 heteroatoms. The highest BCUT2D eigenvalue weighted by Gasteiger charge is 2.64. The smallest absolute Gasteiger partial charge is 0.224 e. The van der Waals surface area contributed by atoms with Crippen molar-refractivity contribution in [3.63, 3.8) is 0 Å². The zero-order valence-corrected chi connectivity index (χ0v) is 28.8. The van der Waals surface area contributed by atoms with E-state index in [9.17, 15) is 60.7 Å². The minimum Gasteiger partial charge on any atom is -0.502 e. The van der Waals surface area contributed by atoms with Crippen molar-refractivity contribution in [3.05, 3.63) is 47.5 Å². The summed E-state index contributed by atoms with van der Waals surface area (Å²) in [4.78, 5) is 27.0. The lowest BCUT2D eigenvalue weighted by molar-refractivity contribution is -0.394. The van der Waals surface area contributed by atoms with Gasteiger partial charge in [0.25, 0.3) is 0 Å². The standard InChI is InChI=1S/C34H42O19/c1-47-18-9-15(10-19(48-2)25(18)40)5-7-17(37)24(39)28-30(44)34(46,23(38)8-6-16-11-20(49-3)26(41)21(12-16)50-4)31(45)32(51-28)53-33(14-36)29(43)27(42)22(13-35)52-33/h5-12,22,24,27-32,35-36,39-46H,13-14H2,1-4H3/b7-5+,8-6+/t22-,24?,27-,28-,29+,30-,31+,32?,33?,34+/m0/s1. The monoisotopic (exact) mass is 754 g/mol. The Morgan fingerprint density at radius 1 is 0.792 bits per heavy atom. The summed E-state index contributed by atoms with van der Waals surface area (Å²) in [6, 6.07) is 5.19. The quantitative estimate of drug-likeness (QED) is 0.0831. The van der Waals surface area contributed by atoms with Crippen molar-refractivity contribution in [2.45, 2.75) is 60.4 Å². The summed E-state index contributed by atoms with van der Waals surface area (Å²) in [7, 11) is 5.03. The summed E-state index contributed by atoms with van der Waals surface area (Å²) in [5, 5.41) is 107. The van der Waals surface area contributed by atoms with Crippen molar-refractivity contribution in [2.75, 3.05) is 41.7 Å². The van der Waals surface area contributed by atoms with Crippen molar-refractivity contribution in [3.8, 4) is 34.5 Å². The molecule has 2 fully saturated rings. The second kappa shape index (κ2) is 16.7. The van der Waals surface area contributed by atoms with Crippen molar-refractivity contribution in [1.29, 1.82) is 0 Å². The normalized spacial score (nSPS) is 30.8. The highest BCUT2D eigenvalue weighted by atomic mass is 16.8. The Hall–Kier alpha value is -4.38. The molecule has 2 saturated heterocycles. The van der Waals surface area contributed by atoms with E-state index in [0.717, 1.165) is 18.2 Å². The lowest BCUT2D eigenvalue weighted by Gasteiger charge is -2.49. The van der Waals surface area contributed by atoms with Crippen LogP contribution in [0.15, 0.2) is 36.4 Å². The van der Waals surface area contributed by atoms with Crippen LogP contribution in [0, 0.1) is 0 Å². The summed E-state index contributed by atoms with van der Waals surface area (Å²) in [5.41, 5.74) is -2.98. The van der Waals surface area contributed by atoms with Gasteiger partial charge in [-0.1, -0.05) is 12.2 Å². The third-order valence-electron chi connectivity index (χ3n) is 8.85. The van der Waals surface area contributed by atoms with E-state index in [4.69, 9.17) is 33.2 Å². The van der Waals surface area contributed by atoms with Crippen LogP contribution in [0.1, 0.15) is 11.1 Å². The van der Waals surface area contributed by atoms with Crippen LogP contribution in [0.25, 0.3) is 12.2 Å². The summed E-state index contributed by atoms with van der Waals surface area (Å²) < 4.78 is 36.7. The predicted molar refractivity (Wildman–Crippen MR) is 177 cm³/mol. The van der Waals surface area contributed by atoms with Gasteiger partial charge in [-0.15, -0.1) is 0 Å². The molecule has 19 nitrogen and oxygen atoms in total. The van der Waals surface area contributed by atoms with Crippen LogP contribution in [-0.4, -0.2) is 165 Å². The average Bonchev–Trinajstić information content (AvgIpc) is 3.41. The molecule has 2 aromatic carbocycles. The van der Waals surface area contributed by atoms with Crippen molar-refractivity contribution in [1.82, 2.24) is 0 Å². The van der Waals surface area contributed by atoms with Gasteiger partial charge in [0.15, 0.2) is 46.5 Å². The van der Waals surface area contributed by atoms with Gasteiger partial charge in [-0.25, -0.2) is 0 Å². The maximum Gasteiger partial charge on any atom is 0.224 e. The lowest BCUT2D eigenvalue weighted by Crippen LogP contribution is -2.73. The van der Waals surface area contributed by atoms with Gasteiger partial charge in [0.2, 0.25) is 17.3 Å². The number of aliphatic hydroxyl groups is 8. The molecule has 0 aromatic heterocycles. The molecule has 0 bridgehead atoms. The Morgan fingerprint density at radius 3 is 1.68 bits per heavy atom. The Morgan fingerprint density at radius 2 is 1.26 bits per heavy atom. The zero-order chi connectivity index (χ0) is 39.4. The third kappa shape index (κ3) is 7.81. The molecule has 2 aliphatic rings. The van der Waals surface area contributed by atoms with E-state index in [-0.39, 0.29) is 45.6 Å². The molecule has 0 spiro atoms. The number of hydrogen-bond donors (Lipinski definition) is 10. The Balaban J connectivity index is 1.73. The second-order valence-corrected chi connectivity index (χ2v) is 12.0. The molecule has 2 heterocycles. The number of hydrogen-bond acceptors (Lipinski definition) is 19. The van der Waals surface area contributed by atoms with Crippen LogP contribution in [0.2, 0.25) is 0 Å². The first-order valence-electron chi connectivity index (χ1n) is 15.8. The van der Waals surface area contributed by atoms with Crippen LogP contribution in [0.4, 0.5) is 0 Å². The first kappa shape index (κ1) is 41.4. The van der Waals surface area contributed by atoms with Gasteiger partial charge in [-0.2, -0.15) is 0 Å². The minimum absolute atomic E-state index is 0.0273. The number of ether oxygens (including phenoxy) is 7. The van der Waals surface area contributed by atoms with Gasteiger partial charge in [-0.05, 0) is 47.5 Å². The largest absolute Gasteiger partial charge is 0.502 e. The average molecular weight is 755 g/mol. The number of aliphatic hydroxyl groups excluding tert-OH is 7. The van der Waals surface area contributed by atoms with Crippen molar-refractivity contribution in [2.24, 2.45) is 0 Å². The molecule has 2 aliphatic heterocycles. The summed E-state index contributed by atoms with van der Waals surface area (Å²) in [5.74, 6) is -6.19. The number of rotatable bonds is 15. The zero-order valence-electron chi connectivity index (χ0n) is 28.8. The molecule has 292 valence electrons. The van der Waals surface area contributed by atoms with Crippen molar-refractivity contribution >= 4 is 23.7 Å². The van der Waals surface area contributed by atoms with E-state index in [1.54, 1.807) is 0 Å². The van der Waals surface area contributed by atoms with Gasteiger partial charge in [0.1, 0.15) is 49.3 Å². The molecule has 0 amide bonds. The van der Waals surface area contributed by atoms with E-state index in [0.29, 0.717) is 6.08 Å². The summed E-state index contributed by atoms with van der Waals surface area (Å²) in [6.45, 7) is -2.14. The maximum atomic E-state index is 13.7. The van der Waals surface area contributed by atoms with Crippen LogP contribution in [-0.2, 0) is 23.8 Å². The number of carbonyl (C=O) groups is 2. The molecule has 3 unspecified atom stereocenters. The van der Waals surface area contributed by atoms with Gasteiger partial charge in [-0.3, -0.25) is 9.59 Å². The number of phenolic OH excluding ortho intramolecular Hbond substituents is 2. The van der Waals surface area contributed by atoms with Gasteiger partial charge >= 0.3 is 0 Å². The third-order valence-corrected chi connectivity index (χ3v) is 8.85. The van der Waals surface area contributed by atoms with Crippen LogP contribution < -0.4 is 18.9 Å². The highest BCUT2D eigenvalue weighted by molar-refractivity contribution is 6.02. The number of ketones is 2. The van der Waals surface area contributed by atoms with E-state index >= 15 is 0 Å². The Kier molecular flexibility index (Phi) is 13.1. The van der Waals surface area contributed by atoms with E-state index in [1.165, 1.54) is 52.7 Å². The highest BCUT2D eigenvalue weighted by Crippen LogP contribution is 2.41. The van der Waals surface area contributed by atoms with E-state index in [2.05, 4.69) is 0 Å². The molecule has 0 radical (unpaired) electrons. The molecule has 10 atom stereocenters. The Bertz CT molecular complexity index is 1640. The minimum atomic E-state index is -3.37. The molecule has 0 saturated carbocycles. The first-order valence-corrected chi connectivity index (χ1v) is 15.8. The van der Waals surface area contributed by atoms with Crippen LogP contribution >= 0.6 is 0 Å². The van der Waals surface area contributed by atoms with Gasteiger partial charge in [0.05, 0.1) is 35.0 Å². The fraction of sp³-hybridized carbons (Fsp3) is 0.471. The predicted octanol–water partition coefficient (Wildman–Crippen LogP) is -2.65. The fourth-order valence-electron chi connectivity index (χ4n) is 5.80. The molecular formula is C34H42O19. The van der Waals surface area contributed by atoms with Crippen molar-refractivity contribution < 1.29 is 93.8 Å². The SMILES string of the molecule is COc1cc(/C=C/C(=O)C(O)[C@@H]2OC(OC3(CO)O[C@@H](CO)[C@H](O)[C@H]3O)[C@@H](O)[C@@](O)(C(=O)/C=C/c3cc(OC)c(O)c(OC)c3)[C@H]2O)cc(OC)c1O. The summed E-state index contributed by atoms with van der Waals surface area (Å²) in [6.07, 6.45) is -14.0. The number of methoxy groups -OCH3 is 4. The van der Waals surface area contributed by atoms with E-state index in [1.807, 2.05) is 0 Å². The molecule has 4 rings (SSSR count). The molecule has 53 heavy (non-hydrogen) atoms. The maximum absolute atomic E-state index is 13.7. The topological polar surface area (TPSA) is 301 Å². The second-order valence-electron chi connectivity index (χ2n) is 12.0. The number of aromatic hydroxyl groups is 2. The molecule has 2 aromatic rings. The van der Waals surface area contributed by atoms with Gasteiger partial charge < -0.3 is 84.2 Å². The Labute approximate surface area is 301 Å².